The number of hydrogen-bond donors (Lipinski definition) is 0. The summed E-state index contributed by atoms with van der Waals surface area (Å²) in [7, 11) is 0. The van der Waals surface area contributed by atoms with E-state index in [1.165, 1.54) is 18.0 Å². The summed E-state index contributed by atoms with van der Waals surface area (Å²) in [6, 6.07) is 12.7. The van der Waals surface area contributed by atoms with Gasteiger partial charge in [0.25, 0.3) is 11.8 Å². The van der Waals surface area contributed by atoms with Crippen LogP contribution in [0.5, 0.6) is 0 Å². The summed E-state index contributed by atoms with van der Waals surface area (Å²) in [6.07, 6.45) is 1.45. The summed E-state index contributed by atoms with van der Waals surface area (Å²) >= 11 is 11.2. The van der Waals surface area contributed by atoms with Gasteiger partial charge in [-0.1, -0.05) is 39.7 Å². The van der Waals surface area contributed by atoms with Gasteiger partial charge in [0.15, 0.2) is 12.4 Å². The Morgan fingerprint density at radius 1 is 1.03 bits per heavy atom. The van der Waals surface area contributed by atoms with Gasteiger partial charge < -0.3 is 19.0 Å². The third-order valence-corrected chi connectivity index (χ3v) is 7.29. The standard InChI is InChI=1S/C23H20BrClN2O5S/c24-16-6-7-19(22-15(16)3-1-4-17(22)25)33-14-21(29)32-13-20(28)26-8-10-27(11-9-26)23(30)18-5-2-12-31-18/h1-7,12H,8-11,13-14H2. The molecule has 33 heavy (non-hydrogen) atoms. The normalized spacial score (nSPS) is 13.9. The summed E-state index contributed by atoms with van der Waals surface area (Å²) in [5.74, 6) is -0.628. The van der Waals surface area contributed by atoms with E-state index in [4.69, 9.17) is 20.8 Å². The smallest absolute Gasteiger partial charge is 0.316 e. The van der Waals surface area contributed by atoms with Crippen LogP contribution in [0.2, 0.25) is 5.02 Å². The number of ether oxygens (including phenoxy) is 1. The van der Waals surface area contributed by atoms with Crippen molar-refractivity contribution in [1.29, 1.82) is 0 Å². The Kier molecular flexibility index (Phi) is 7.62. The highest BCUT2D eigenvalue weighted by atomic mass is 79.9. The summed E-state index contributed by atoms with van der Waals surface area (Å²) < 4.78 is 11.2. The molecule has 1 aliphatic heterocycles. The van der Waals surface area contributed by atoms with Gasteiger partial charge in [0.2, 0.25) is 0 Å². The fourth-order valence-electron chi connectivity index (χ4n) is 3.54. The zero-order valence-corrected chi connectivity index (χ0v) is 20.6. The monoisotopic (exact) mass is 550 g/mol. The molecule has 2 heterocycles. The molecule has 1 aromatic heterocycles. The van der Waals surface area contributed by atoms with Crippen LogP contribution < -0.4 is 0 Å². The molecule has 0 spiro atoms. The van der Waals surface area contributed by atoms with Gasteiger partial charge in [-0.3, -0.25) is 14.4 Å². The molecular formula is C23H20BrClN2O5S. The highest BCUT2D eigenvalue weighted by molar-refractivity contribution is 9.10. The highest BCUT2D eigenvalue weighted by Crippen LogP contribution is 2.37. The van der Waals surface area contributed by atoms with Gasteiger partial charge in [-0.05, 0) is 35.7 Å². The molecule has 1 saturated heterocycles. The quantitative estimate of drug-likeness (QED) is 0.332. The number of benzene rings is 2. The van der Waals surface area contributed by atoms with E-state index >= 15 is 0 Å². The van der Waals surface area contributed by atoms with E-state index < -0.39 is 5.97 Å². The molecule has 172 valence electrons. The lowest BCUT2D eigenvalue weighted by Gasteiger charge is -2.34. The van der Waals surface area contributed by atoms with Gasteiger partial charge in [-0.2, -0.15) is 0 Å². The van der Waals surface area contributed by atoms with Crippen LogP contribution in [0.4, 0.5) is 0 Å². The number of rotatable bonds is 6. The third-order valence-electron chi connectivity index (χ3n) is 5.25. The molecule has 0 unspecified atom stereocenters. The summed E-state index contributed by atoms with van der Waals surface area (Å²) in [6.45, 7) is 1.22. The van der Waals surface area contributed by atoms with Crippen LogP contribution in [0, 0.1) is 0 Å². The van der Waals surface area contributed by atoms with E-state index in [1.54, 1.807) is 28.0 Å². The van der Waals surface area contributed by atoms with Gasteiger partial charge in [0, 0.05) is 46.0 Å². The number of halogens is 2. The van der Waals surface area contributed by atoms with E-state index in [1.807, 2.05) is 24.3 Å². The second-order valence-electron chi connectivity index (χ2n) is 7.31. The molecule has 2 aromatic carbocycles. The molecule has 10 heteroatoms. The van der Waals surface area contributed by atoms with Crippen LogP contribution >= 0.6 is 39.3 Å². The fraction of sp³-hybridized carbons (Fsp3) is 0.261. The molecule has 7 nitrogen and oxygen atoms in total. The van der Waals surface area contributed by atoms with Crippen molar-refractivity contribution in [3.05, 3.63) is 64.0 Å². The summed E-state index contributed by atoms with van der Waals surface area (Å²) in [5.41, 5.74) is 0. The molecule has 0 atom stereocenters. The third kappa shape index (κ3) is 5.54. The molecule has 0 aliphatic carbocycles. The van der Waals surface area contributed by atoms with E-state index in [2.05, 4.69) is 15.9 Å². The molecule has 0 bridgehead atoms. The molecule has 0 saturated carbocycles. The molecule has 0 radical (unpaired) electrons. The maximum atomic E-state index is 12.4. The number of thioether (sulfide) groups is 1. The Labute approximate surface area is 208 Å². The van der Waals surface area contributed by atoms with Crippen molar-refractivity contribution in [2.24, 2.45) is 0 Å². The second-order valence-corrected chi connectivity index (χ2v) is 9.59. The number of hydrogen-bond acceptors (Lipinski definition) is 6. The Balaban J connectivity index is 1.25. The van der Waals surface area contributed by atoms with E-state index in [9.17, 15) is 14.4 Å². The Hall–Kier alpha value is -2.49. The number of nitrogens with zero attached hydrogens (tertiary/aromatic N) is 2. The minimum Gasteiger partial charge on any atom is -0.459 e. The van der Waals surface area contributed by atoms with Crippen LogP contribution in [-0.4, -0.2) is 66.1 Å². The lowest BCUT2D eigenvalue weighted by atomic mass is 10.1. The predicted molar refractivity (Wildman–Crippen MR) is 130 cm³/mol. The SMILES string of the molecule is O=C(CSc1ccc(Br)c2cccc(Cl)c12)OCC(=O)N1CCN(C(=O)c2ccco2)CC1. The summed E-state index contributed by atoms with van der Waals surface area (Å²) in [5, 5.41) is 2.43. The first-order valence-electron chi connectivity index (χ1n) is 10.2. The summed E-state index contributed by atoms with van der Waals surface area (Å²) in [4.78, 5) is 41.1. The zero-order chi connectivity index (χ0) is 23.4. The minimum atomic E-state index is -0.483. The number of carbonyl (C=O) groups excluding carboxylic acids is 3. The van der Waals surface area contributed by atoms with Crippen molar-refractivity contribution in [2.75, 3.05) is 38.5 Å². The van der Waals surface area contributed by atoms with E-state index in [0.717, 1.165) is 20.1 Å². The van der Waals surface area contributed by atoms with Crippen molar-refractivity contribution in [3.63, 3.8) is 0 Å². The first kappa shape index (κ1) is 23.7. The Morgan fingerprint density at radius 2 is 1.79 bits per heavy atom. The predicted octanol–water partition coefficient (Wildman–Crippen LogP) is 4.47. The Morgan fingerprint density at radius 3 is 2.52 bits per heavy atom. The topological polar surface area (TPSA) is 80.1 Å². The van der Waals surface area contributed by atoms with Gasteiger partial charge in [0.1, 0.15) is 0 Å². The highest BCUT2D eigenvalue weighted by Gasteiger charge is 2.26. The molecule has 0 N–H and O–H groups in total. The molecule has 1 fully saturated rings. The number of carbonyl (C=O) groups is 3. The molecular weight excluding hydrogens is 532 g/mol. The number of furan rings is 1. The zero-order valence-electron chi connectivity index (χ0n) is 17.5. The molecule has 3 aromatic rings. The van der Waals surface area contributed by atoms with Gasteiger partial charge in [-0.15, -0.1) is 11.8 Å². The lowest BCUT2D eigenvalue weighted by Crippen LogP contribution is -2.51. The Bertz CT molecular complexity index is 1180. The average molecular weight is 552 g/mol. The van der Waals surface area contributed by atoms with Crippen molar-refractivity contribution >= 4 is 67.8 Å². The number of amides is 2. The average Bonchev–Trinajstić information content (AvgIpc) is 3.37. The minimum absolute atomic E-state index is 0.0562. The number of fused-ring (bicyclic) bond motifs is 1. The van der Waals surface area contributed by atoms with Crippen LogP contribution in [0.15, 0.2) is 62.5 Å². The van der Waals surface area contributed by atoms with Gasteiger partial charge in [-0.25, -0.2) is 0 Å². The first-order valence-corrected chi connectivity index (χ1v) is 12.4. The van der Waals surface area contributed by atoms with Crippen molar-refractivity contribution in [1.82, 2.24) is 9.80 Å². The van der Waals surface area contributed by atoms with Gasteiger partial charge in [0.05, 0.1) is 12.0 Å². The maximum Gasteiger partial charge on any atom is 0.316 e. The van der Waals surface area contributed by atoms with Crippen LogP contribution in [0.25, 0.3) is 10.8 Å². The molecule has 4 rings (SSSR count). The second kappa shape index (κ2) is 10.6. The lowest BCUT2D eigenvalue weighted by molar-refractivity contribution is -0.150. The van der Waals surface area contributed by atoms with Gasteiger partial charge >= 0.3 is 5.97 Å². The maximum absolute atomic E-state index is 12.4. The molecule has 2 amide bonds. The largest absolute Gasteiger partial charge is 0.459 e. The number of esters is 1. The van der Waals surface area contributed by atoms with E-state index in [0.29, 0.717) is 31.2 Å². The van der Waals surface area contributed by atoms with Crippen LogP contribution in [0.1, 0.15) is 10.6 Å². The van der Waals surface area contributed by atoms with Crippen molar-refractivity contribution in [3.8, 4) is 0 Å². The molecule has 1 aliphatic rings. The van der Waals surface area contributed by atoms with Crippen molar-refractivity contribution < 1.29 is 23.5 Å². The van der Waals surface area contributed by atoms with Crippen molar-refractivity contribution in [2.45, 2.75) is 4.90 Å². The van der Waals surface area contributed by atoms with Crippen LogP contribution in [-0.2, 0) is 14.3 Å². The fourth-order valence-corrected chi connectivity index (χ4v) is 5.22. The number of piperazine rings is 1. The van der Waals surface area contributed by atoms with Crippen LogP contribution in [0.3, 0.4) is 0 Å². The first-order chi connectivity index (χ1) is 15.9. The van der Waals surface area contributed by atoms with E-state index in [-0.39, 0.29) is 29.9 Å².